The van der Waals surface area contributed by atoms with Gasteiger partial charge in [0.05, 0.1) is 32.0 Å². The number of hydrogen-bond acceptors (Lipinski definition) is 7. The lowest BCUT2D eigenvalue weighted by molar-refractivity contribution is -0.132. The minimum atomic E-state index is 0.125. The lowest BCUT2D eigenvalue weighted by Gasteiger charge is -2.34. The molecule has 4 rings (SSSR count). The van der Waals surface area contributed by atoms with Gasteiger partial charge in [0.15, 0.2) is 5.13 Å². The SMILES string of the molecule is COc1ccc(OC)c(Nc2nc(CC(=O)N3CCN(Cc4ccccc4)CC3)cs2)c1. The highest BCUT2D eigenvalue weighted by Gasteiger charge is 2.22. The van der Waals surface area contributed by atoms with Crippen molar-refractivity contribution >= 4 is 28.1 Å². The second-order valence-electron chi connectivity index (χ2n) is 7.65. The van der Waals surface area contributed by atoms with Gasteiger partial charge in [-0.05, 0) is 17.7 Å². The first-order valence-electron chi connectivity index (χ1n) is 10.6. The number of anilines is 2. The van der Waals surface area contributed by atoms with Crippen LogP contribution in [0.15, 0.2) is 53.9 Å². The van der Waals surface area contributed by atoms with E-state index in [0.29, 0.717) is 17.3 Å². The van der Waals surface area contributed by atoms with Crippen molar-refractivity contribution < 1.29 is 14.3 Å². The maximum Gasteiger partial charge on any atom is 0.228 e. The van der Waals surface area contributed by atoms with Crippen LogP contribution >= 0.6 is 11.3 Å². The number of aromatic nitrogens is 1. The molecule has 1 aliphatic heterocycles. The number of carbonyl (C=O) groups excluding carboxylic acids is 1. The summed E-state index contributed by atoms with van der Waals surface area (Å²) in [5.74, 6) is 1.55. The summed E-state index contributed by atoms with van der Waals surface area (Å²) in [5.41, 5.74) is 2.85. The van der Waals surface area contributed by atoms with Gasteiger partial charge in [-0.2, -0.15) is 0 Å². The molecule has 2 aromatic carbocycles. The molecule has 0 unspecified atom stereocenters. The molecule has 3 aromatic rings. The van der Waals surface area contributed by atoms with E-state index in [4.69, 9.17) is 9.47 Å². The van der Waals surface area contributed by atoms with Gasteiger partial charge in [-0.1, -0.05) is 30.3 Å². The molecule has 1 fully saturated rings. The molecule has 32 heavy (non-hydrogen) atoms. The lowest BCUT2D eigenvalue weighted by Crippen LogP contribution is -2.48. The first kappa shape index (κ1) is 22.1. The van der Waals surface area contributed by atoms with Gasteiger partial charge < -0.3 is 19.7 Å². The van der Waals surface area contributed by atoms with Crippen molar-refractivity contribution in [3.63, 3.8) is 0 Å². The number of thiazole rings is 1. The van der Waals surface area contributed by atoms with E-state index in [1.807, 2.05) is 34.5 Å². The van der Waals surface area contributed by atoms with Gasteiger partial charge in [0.2, 0.25) is 5.91 Å². The Balaban J connectivity index is 1.30. The van der Waals surface area contributed by atoms with Gasteiger partial charge in [0.25, 0.3) is 0 Å². The minimum Gasteiger partial charge on any atom is -0.497 e. The average Bonchev–Trinajstić information content (AvgIpc) is 3.26. The Morgan fingerprint density at radius 1 is 1.06 bits per heavy atom. The number of rotatable bonds is 8. The van der Waals surface area contributed by atoms with Gasteiger partial charge >= 0.3 is 0 Å². The summed E-state index contributed by atoms with van der Waals surface area (Å²) in [5, 5.41) is 5.92. The topological polar surface area (TPSA) is 66.9 Å². The summed E-state index contributed by atoms with van der Waals surface area (Å²) < 4.78 is 10.7. The summed E-state index contributed by atoms with van der Waals surface area (Å²) in [4.78, 5) is 21.7. The Bertz CT molecular complexity index is 1030. The van der Waals surface area contributed by atoms with E-state index in [9.17, 15) is 4.79 Å². The molecule has 1 aliphatic rings. The van der Waals surface area contributed by atoms with Crippen molar-refractivity contribution in [1.82, 2.24) is 14.8 Å². The van der Waals surface area contributed by atoms with Crippen LogP contribution in [0.2, 0.25) is 0 Å². The minimum absolute atomic E-state index is 0.125. The first-order valence-corrected chi connectivity index (χ1v) is 11.5. The average molecular weight is 453 g/mol. The Morgan fingerprint density at radius 3 is 2.56 bits per heavy atom. The van der Waals surface area contributed by atoms with Crippen molar-refractivity contribution in [2.24, 2.45) is 0 Å². The summed E-state index contributed by atoms with van der Waals surface area (Å²) in [6, 6.07) is 16.0. The van der Waals surface area contributed by atoms with Crippen molar-refractivity contribution in [3.05, 3.63) is 65.2 Å². The van der Waals surface area contributed by atoms with Gasteiger partial charge in [-0.15, -0.1) is 11.3 Å². The van der Waals surface area contributed by atoms with E-state index in [1.165, 1.54) is 16.9 Å². The summed E-state index contributed by atoms with van der Waals surface area (Å²) in [6.07, 6.45) is 0.312. The number of ether oxygens (including phenoxy) is 2. The molecule has 1 aromatic heterocycles. The van der Waals surface area contributed by atoms with E-state index in [1.54, 1.807) is 14.2 Å². The summed E-state index contributed by atoms with van der Waals surface area (Å²) in [6.45, 7) is 4.21. The van der Waals surface area contributed by atoms with Gasteiger partial charge in [-0.25, -0.2) is 4.98 Å². The highest BCUT2D eigenvalue weighted by Crippen LogP contribution is 2.32. The molecular formula is C24H28N4O3S. The molecule has 8 heteroatoms. The van der Waals surface area contributed by atoms with E-state index in [2.05, 4.69) is 39.5 Å². The van der Waals surface area contributed by atoms with E-state index in [0.717, 1.165) is 49.9 Å². The lowest BCUT2D eigenvalue weighted by atomic mass is 10.2. The molecule has 0 atom stereocenters. The van der Waals surface area contributed by atoms with Crippen LogP contribution in [0.25, 0.3) is 0 Å². The summed E-state index contributed by atoms with van der Waals surface area (Å²) in [7, 11) is 3.25. The third kappa shape index (κ3) is 5.57. The number of nitrogens with zero attached hydrogens (tertiary/aromatic N) is 3. The molecule has 1 saturated heterocycles. The van der Waals surface area contributed by atoms with E-state index in [-0.39, 0.29) is 5.91 Å². The highest BCUT2D eigenvalue weighted by atomic mass is 32.1. The molecule has 0 spiro atoms. The number of benzene rings is 2. The fraction of sp³-hybridized carbons (Fsp3) is 0.333. The third-order valence-corrected chi connectivity index (χ3v) is 6.31. The standard InChI is InChI=1S/C24H28N4O3S/c1-30-20-8-9-22(31-2)21(15-20)26-24-25-19(17-32-24)14-23(29)28-12-10-27(11-13-28)16-18-6-4-3-5-7-18/h3-9,15,17H,10-14,16H2,1-2H3,(H,25,26). The Labute approximate surface area is 192 Å². The fourth-order valence-electron chi connectivity index (χ4n) is 3.74. The second-order valence-corrected chi connectivity index (χ2v) is 8.51. The predicted octanol–water partition coefficient (Wildman–Crippen LogP) is 3.79. The number of amides is 1. The van der Waals surface area contributed by atoms with E-state index < -0.39 is 0 Å². The number of methoxy groups -OCH3 is 2. The molecule has 0 bridgehead atoms. The van der Waals surface area contributed by atoms with Crippen LogP contribution in [0.3, 0.4) is 0 Å². The highest BCUT2D eigenvalue weighted by molar-refractivity contribution is 7.13. The quantitative estimate of drug-likeness (QED) is 0.561. The first-order chi connectivity index (χ1) is 15.6. The smallest absolute Gasteiger partial charge is 0.228 e. The van der Waals surface area contributed by atoms with Crippen LogP contribution in [0.1, 0.15) is 11.3 Å². The Kier molecular flexibility index (Phi) is 7.24. The number of carbonyl (C=O) groups is 1. The van der Waals surface area contributed by atoms with Gasteiger partial charge in [-0.3, -0.25) is 9.69 Å². The monoisotopic (exact) mass is 452 g/mol. The van der Waals surface area contributed by atoms with Gasteiger partial charge in [0, 0.05) is 44.2 Å². The van der Waals surface area contributed by atoms with Crippen LogP contribution < -0.4 is 14.8 Å². The number of hydrogen-bond donors (Lipinski definition) is 1. The molecule has 1 amide bonds. The zero-order valence-corrected chi connectivity index (χ0v) is 19.2. The van der Waals surface area contributed by atoms with Crippen molar-refractivity contribution in [3.8, 4) is 11.5 Å². The molecule has 0 saturated carbocycles. The predicted molar refractivity (Wildman–Crippen MR) is 127 cm³/mol. The van der Waals surface area contributed by atoms with Crippen molar-refractivity contribution in [2.75, 3.05) is 45.7 Å². The molecular weight excluding hydrogens is 424 g/mol. The third-order valence-electron chi connectivity index (χ3n) is 5.51. The normalized spacial score (nSPS) is 14.2. The Morgan fingerprint density at radius 2 is 1.84 bits per heavy atom. The fourth-order valence-corrected chi connectivity index (χ4v) is 4.46. The van der Waals surface area contributed by atoms with Crippen LogP contribution in [0.5, 0.6) is 11.5 Å². The number of piperazine rings is 1. The maximum atomic E-state index is 12.8. The van der Waals surface area contributed by atoms with E-state index >= 15 is 0 Å². The second kappa shape index (κ2) is 10.5. The van der Waals surface area contributed by atoms with Crippen LogP contribution in [-0.4, -0.2) is 61.1 Å². The molecule has 2 heterocycles. The molecule has 0 aliphatic carbocycles. The molecule has 0 radical (unpaired) electrons. The van der Waals surface area contributed by atoms with Crippen LogP contribution in [0, 0.1) is 0 Å². The Hall–Kier alpha value is -3.10. The van der Waals surface area contributed by atoms with Gasteiger partial charge in [0.1, 0.15) is 11.5 Å². The molecule has 1 N–H and O–H groups in total. The van der Waals surface area contributed by atoms with Crippen molar-refractivity contribution in [1.29, 1.82) is 0 Å². The molecule has 7 nitrogen and oxygen atoms in total. The summed E-state index contributed by atoms with van der Waals surface area (Å²) >= 11 is 1.47. The maximum absolute atomic E-state index is 12.8. The van der Waals surface area contributed by atoms with Crippen LogP contribution in [0.4, 0.5) is 10.8 Å². The number of nitrogens with one attached hydrogen (secondary N) is 1. The molecule has 168 valence electrons. The van der Waals surface area contributed by atoms with Crippen LogP contribution in [-0.2, 0) is 17.8 Å². The largest absolute Gasteiger partial charge is 0.497 e. The zero-order chi connectivity index (χ0) is 22.3. The zero-order valence-electron chi connectivity index (χ0n) is 18.4. The van der Waals surface area contributed by atoms with Crippen molar-refractivity contribution in [2.45, 2.75) is 13.0 Å².